The SMILES string of the molecule is Cn1nc(-c2cccnc2)cc1CN1CCN(C(=O)CC2CCCC2)CC1. The van der Waals surface area contributed by atoms with Crippen molar-refractivity contribution in [3.05, 3.63) is 36.3 Å². The number of aromatic nitrogens is 3. The molecule has 1 saturated carbocycles. The first-order chi connectivity index (χ1) is 13.2. The van der Waals surface area contributed by atoms with Crippen molar-refractivity contribution in [1.82, 2.24) is 24.6 Å². The Morgan fingerprint density at radius 2 is 1.96 bits per heavy atom. The van der Waals surface area contributed by atoms with Crippen LogP contribution in [-0.2, 0) is 18.4 Å². The number of carbonyl (C=O) groups excluding carboxylic acids is 1. The van der Waals surface area contributed by atoms with Crippen molar-refractivity contribution in [1.29, 1.82) is 0 Å². The van der Waals surface area contributed by atoms with Crippen LogP contribution in [0.5, 0.6) is 0 Å². The van der Waals surface area contributed by atoms with E-state index in [0.717, 1.165) is 50.4 Å². The van der Waals surface area contributed by atoms with E-state index in [-0.39, 0.29) is 0 Å². The number of pyridine rings is 1. The third-order valence-electron chi connectivity index (χ3n) is 5.98. The van der Waals surface area contributed by atoms with Crippen LogP contribution in [0.3, 0.4) is 0 Å². The van der Waals surface area contributed by atoms with E-state index in [2.05, 4.69) is 25.9 Å². The molecule has 0 aromatic carbocycles. The summed E-state index contributed by atoms with van der Waals surface area (Å²) in [5.74, 6) is 0.997. The van der Waals surface area contributed by atoms with Crippen LogP contribution in [0.25, 0.3) is 11.3 Å². The minimum absolute atomic E-state index is 0.362. The summed E-state index contributed by atoms with van der Waals surface area (Å²) in [6.07, 6.45) is 9.48. The number of aryl methyl sites for hydroxylation is 1. The lowest BCUT2D eigenvalue weighted by atomic mass is 10.0. The summed E-state index contributed by atoms with van der Waals surface area (Å²) in [5, 5.41) is 4.63. The quantitative estimate of drug-likeness (QED) is 0.815. The molecule has 0 atom stereocenters. The largest absolute Gasteiger partial charge is 0.340 e. The highest BCUT2D eigenvalue weighted by atomic mass is 16.2. The second-order valence-corrected chi connectivity index (χ2v) is 7.90. The summed E-state index contributed by atoms with van der Waals surface area (Å²) in [6, 6.07) is 6.12. The molecular weight excluding hydrogens is 338 g/mol. The Morgan fingerprint density at radius 1 is 1.19 bits per heavy atom. The van der Waals surface area contributed by atoms with Crippen molar-refractivity contribution >= 4 is 5.91 Å². The predicted octanol–water partition coefficient (Wildman–Crippen LogP) is 2.71. The second kappa shape index (κ2) is 8.21. The van der Waals surface area contributed by atoms with E-state index in [1.165, 1.54) is 31.4 Å². The summed E-state index contributed by atoms with van der Waals surface area (Å²) in [5.41, 5.74) is 3.20. The fraction of sp³-hybridized carbons (Fsp3) is 0.571. The highest BCUT2D eigenvalue weighted by Crippen LogP contribution is 2.28. The maximum absolute atomic E-state index is 12.5. The van der Waals surface area contributed by atoms with Gasteiger partial charge in [-0.3, -0.25) is 19.4 Å². The van der Waals surface area contributed by atoms with E-state index in [9.17, 15) is 4.79 Å². The second-order valence-electron chi connectivity index (χ2n) is 7.90. The normalized spacial score (nSPS) is 18.9. The van der Waals surface area contributed by atoms with Gasteiger partial charge in [-0.15, -0.1) is 0 Å². The summed E-state index contributed by atoms with van der Waals surface area (Å²) in [4.78, 5) is 21.2. The Labute approximate surface area is 161 Å². The maximum atomic E-state index is 12.5. The zero-order valence-electron chi connectivity index (χ0n) is 16.2. The van der Waals surface area contributed by atoms with Crippen LogP contribution >= 0.6 is 0 Å². The van der Waals surface area contributed by atoms with Gasteiger partial charge < -0.3 is 4.90 Å². The van der Waals surface area contributed by atoms with Crippen LogP contribution in [0.1, 0.15) is 37.8 Å². The van der Waals surface area contributed by atoms with Gasteiger partial charge in [-0.2, -0.15) is 5.10 Å². The van der Waals surface area contributed by atoms with Crippen LogP contribution < -0.4 is 0 Å². The molecule has 0 N–H and O–H groups in total. The van der Waals surface area contributed by atoms with Crippen LogP contribution in [0.2, 0.25) is 0 Å². The average molecular weight is 367 g/mol. The first-order valence-electron chi connectivity index (χ1n) is 10.1. The first kappa shape index (κ1) is 18.2. The molecule has 4 rings (SSSR count). The lowest BCUT2D eigenvalue weighted by Crippen LogP contribution is -2.48. The third-order valence-corrected chi connectivity index (χ3v) is 5.98. The Kier molecular flexibility index (Phi) is 5.53. The molecule has 2 aliphatic rings. The first-order valence-corrected chi connectivity index (χ1v) is 10.1. The molecule has 6 heteroatoms. The molecule has 0 radical (unpaired) electrons. The van der Waals surface area contributed by atoms with Gasteiger partial charge in [0.15, 0.2) is 0 Å². The van der Waals surface area contributed by atoms with E-state index in [1.807, 2.05) is 30.1 Å². The van der Waals surface area contributed by atoms with Crippen LogP contribution in [0, 0.1) is 5.92 Å². The van der Waals surface area contributed by atoms with Crippen molar-refractivity contribution in [3.8, 4) is 11.3 Å². The Morgan fingerprint density at radius 3 is 2.67 bits per heavy atom. The number of piperazine rings is 1. The molecule has 144 valence electrons. The highest BCUT2D eigenvalue weighted by molar-refractivity contribution is 5.76. The van der Waals surface area contributed by atoms with E-state index < -0.39 is 0 Å². The summed E-state index contributed by atoms with van der Waals surface area (Å²) in [7, 11) is 2.00. The Hall–Kier alpha value is -2.21. The molecule has 2 aromatic rings. The van der Waals surface area contributed by atoms with Gasteiger partial charge in [0.25, 0.3) is 0 Å². The standard InChI is InChI=1S/C21H29N5O/c1-24-19(14-20(23-24)18-7-4-8-22-15-18)16-25-9-11-26(12-10-25)21(27)13-17-5-2-3-6-17/h4,7-8,14-15,17H,2-3,5-6,9-13,16H2,1H3. The van der Waals surface area contributed by atoms with Crippen molar-refractivity contribution in [2.75, 3.05) is 26.2 Å². The van der Waals surface area contributed by atoms with Gasteiger partial charge in [0.1, 0.15) is 0 Å². The zero-order valence-corrected chi connectivity index (χ0v) is 16.2. The molecule has 0 unspecified atom stereocenters. The lowest BCUT2D eigenvalue weighted by molar-refractivity contribution is -0.134. The summed E-state index contributed by atoms with van der Waals surface area (Å²) >= 11 is 0. The Balaban J connectivity index is 1.30. The van der Waals surface area contributed by atoms with E-state index in [1.54, 1.807) is 6.20 Å². The predicted molar refractivity (Wildman–Crippen MR) is 105 cm³/mol. The van der Waals surface area contributed by atoms with E-state index in [0.29, 0.717) is 11.8 Å². The summed E-state index contributed by atoms with van der Waals surface area (Å²) in [6.45, 7) is 4.43. The van der Waals surface area contributed by atoms with Crippen molar-refractivity contribution in [2.45, 2.75) is 38.6 Å². The highest BCUT2D eigenvalue weighted by Gasteiger charge is 2.25. The molecule has 1 aliphatic heterocycles. The number of rotatable bonds is 5. The Bertz CT molecular complexity index is 758. The molecule has 3 heterocycles. The number of hydrogen-bond acceptors (Lipinski definition) is 4. The van der Waals surface area contributed by atoms with Crippen LogP contribution in [-0.4, -0.2) is 56.7 Å². The number of carbonyl (C=O) groups is 1. The molecule has 1 amide bonds. The molecule has 6 nitrogen and oxygen atoms in total. The minimum atomic E-state index is 0.362. The maximum Gasteiger partial charge on any atom is 0.222 e. The molecular formula is C21H29N5O. The van der Waals surface area contributed by atoms with Gasteiger partial charge in [0, 0.05) is 64.1 Å². The zero-order chi connectivity index (χ0) is 18.6. The number of amides is 1. The molecule has 0 spiro atoms. The van der Waals surface area contributed by atoms with E-state index >= 15 is 0 Å². The number of nitrogens with zero attached hydrogens (tertiary/aromatic N) is 5. The van der Waals surface area contributed by atoms with Crippen molar-refractivity contribution < 1.29 is 4.79 Å². The van der Waals surface area contributed by atoms with Gasteiger partial charge in [-0.05, 0) is 37.0 Å². The minimum Gasteiger partial charge on any atom is -0.340 e. The van der Waals surface area contributed by atoms with Gasteiger partial charge >= 0.3 is 0 Å². The smallest absolute Gasteiger partial charge is 0.222 e. The monoisotopic (exact) mass is 367 g/mol. The van der Waals surface area contributed by atoms with Gasteiger partial charge in [0.2, 0.25) is 5.91 Å². The fourth-order valence-corrected chi connectivity index (χ4v) is 4.28. The summed E-state index contributed by atoms with van der Waals surface area (Å²) < 4.78 is 1.96. The lowest BCUT2D eigenvalue weighted by Gasteiger charge is -2.35. The third kappa shape index (κ3) is 4.38. The van der Waals surface area contributed by atoms with Crippen molar-refractivity contribution in [3.63, 3.8) is 0 Å². The molecule has 2 aromatic heterocycles. The van der Waals surface area contributed by atoms with Gasteiger partial charge in [0.05, 0.1) is 11.4 Å². The topological polar surface area (TPSA) is 54.3 Å². The molecule has 2 fully saturated rings. The number of hydrogen-bond donors (Lipinski definition) is 0. The molecule has 27 heavy (non-hydrogen) atoms. The molecule has 1 aliphatic carbocycles. The molecule has 1 saturated heterocycles. The van der Waals surface area contributed by atoms with Crippen molar-refractivity contribution in [2.24, 2.45) is 13.0 Å². The van der Waals surface area contributed by atoms with Crippen LogP contribution in [0.15, 0.2) is 30.6 Å². The fourth-order valence-electron chi connectivity index (χ4n) is 4.28. The van der Waals surface area contributed by atoms with Gasteiger partial charge in [-0.25, -0.2) is 0 Å². The van der Waals surface area contributed by atoms with E-state index in [4.69, 9.17) is 0 Å². The van der Waals surface area contributed by atoms with Crippen LogP contribution in [0.4, 0.5) is 0 Å². The average Bonchev–Trinajstić information content (AvgIpc) is 3.33. The molecule has 0 bridgehead atoms. The van der Waals surface area contributed by atoms with Gasteiger partial charge in [-0.1, -0.05) is 12.8 Å².